The average Bonchev–Trinajstić information content (AvgIpc) is 3.12. The molecule has 1 aliphatic heterocycles. The molecule has 0 spiro atoms. The summed E-state index contributed by atoms with van der Waals surface area (Å²) in [5.41, 5.74) is 2.30. The molecule has 3 amide bonds. The Hall–Kier alpha value is -3.93. The topological polar surface area (TPSA) is 111 Å². The van der Waals surface area contributed by atoms with Crippen molar-refractivity contribution in [2.45, 2.75) is 20.1 Å². The fourth-order valence-corrected chi connectivity index (χ4v) is 4.42. The number of imide groups is 1. The number of hydrogen-bond donors (Lipinski definition) is 1. The van der Waals surface area contributed by atoms with Crippen LogP contribution in [0.5, 0.6) is 11.5 Å². The molecule has 0 saturated carbocycles. The lowest BCUT2D eigenvalue weighted by Gasteiger charge is -2.15. The monoisotopic (exact) mass is 599 g/mol. The third kappa shape index (κ3) is 5.82. The summed E-state index contributed by atoms with van der Waals surface area (Å²) < 4.78 is 12.5. The molecular weight excluding hydrogens is 577 g/mol. The maximum absolute atomic E-state index is 12.9. The van der Waals surface area contributed by atoms with Gasteiger partial charge >= 0.3 is 6.03 Å². The van der Waals surface area contributed by atoms with Crippen LogP contribution in [0, 0.1) is 13.7 Å². The molecule has 1 saturated heterocycles. The number of nitro groups is 1. The summed E-state index contributed by atoms with van der Waals surface area (Å²) in [6, 6.07) is 18.6. The molecule has 0 aliphatic carbocycles. The molecule has 184 valence electrons. The fourth-order valence-electron chi connectivity index (χ4n) is 3.64. The fraction of sp³-hybridized carbons (Fsp3) is 0.154. The molecule has 3 aromatic rings. The molecule has 9 nitrogen and oxygen atoms in total. The summed E-state index contributed by atoms with van der Waals surface area (Å²) >= 11 is 2.10. The van der Waals surface area contributed by atoms with Crippen molar-refractivity contribution in [2.24, 2.45) is 0 Å². The van der Waals surface area contributed by atoms with Gasteiger partial charge in [-0.2, -0.15) is 0 Å². The Morgan fingerprint density at radius 1 is 1.03 bits per heavy atom. The van der Waals surface area contributed by atoms with E-state index in [1.807, 2.05) is 37.3 Å². The van der Waals surface area contributed by atoms with Gasteiger partial charge in [-0.15, -0.1) is 0 Å². The number of urea groups is 1. The normalized spacial score (nSPS) is 14.2. The SMILES string of the molecule is CCOc1cc(/C=C2/NC(=O)N(Cc3ccccc3)C2=O)cc(I)c1OCc1cccc([N+](=O)[O-])c1. The highest BCUT2D eigenvalue weighted by Crippen LogP contribution is 2.36. The van der Waals surface area contributed by atoms with E-state index >= 15 is 0 Å². The molecule has 0 bridgehead atoms. The Morgan fingerprint density at radius 2 is 1.78 bits per heavy atom. The van der Waals surface area contributed by atoms with Gasteiger partial charge in [0.2, 0.25) is 0 Å². The minimum absolute atomic E-state index is 0.0117. The number of nitrogens with one attached hydrogen (secondary N) is 1. The largest absolute Gasteiger partial charge is 0.490 e. The number of non-ortho nitro benzene ring substituents is 1. The summed E-state index contributed by atoms with van der Waals surface area (Å²) in [5.74, 6) is 0.529. The number of nitro benzene ring substituents is 1. The lowest BCUT2D eigenvalue weighted by Crippen LogP contribution is -2.30. The Labute approximate surface area is 221 Å². The highest BCUT2D eigenvalue weighted by Gasteiger charge is 2.33. The molecule has 0 radical (unpaired) electrons. The van der Waals surface area contributed by atoms with E-state index in [9.17, 15) is 19.7 Å². The minimum atomic E-state index is -0.480. The summed E-state index contributed by atoms with van der Waals surface area (Å²) in [5, 5.41) is 13.7. The molecule has 1 heterocycles. The van der Waals surface area contributed by atoms with Gasteiger partial charge < -0.3 is 14.8 Å². The van der Waals surface area contributed by atoms with Crippen molar-refractivity contribution in [3.63, 3.8) is 0 Å². The third-order valence-electron chi connectivity index (χ3n) is 5.29. The van der Waals surface area contributed by atoms with Crippen LogP contribution >= 0.6 is 22.6 Å². The zero-order chi connectivity index (χ0) is 25.7. The predicted octanol–water partition coefficient (Wildman–Crippen LogP) is 5.27. The number of benzene rings is 3. The van der Waals surface area contributed by atoms with Crippen LogP contribution < -0.4 is 14.8 Å². The van der Waals surface area contributed by atoms with Crippen LogP contribution in [0.1, 0.15) is 23.6 Å². The second-order valence-electron chi connectivity index (χ2n) is 7.84. The zero-order valence-electron chi connectivity index (χ0n) is 19.3. The van der Waals surface area contributed by atoms with Gasteiger partial charge in [-0.05, 0) is 64.4 Å². The first-order valence-corrected chi connectivity index (χ1v) is 12.1. The van der Waals surface area contributed by atoms with Gasteiger partial charge in [-0.25, -0.2) is 4.79 Å². The third-order valence-corrected chi connectivity index (χ3v) is 6.09. The van der Waals surface area contributed by atoms with Crippen LogP contribution in [0.15, 0.2) is 72.4 Å². The molecule has 4 rings (SSSR count). The Balaban J connectivity index is 1.55. The molecular formula is C26H22IN3O6. The number of hydrogen-bond acceptors (Lipinski definition) is 6. The second-order valence-corrected chi connectivity index (χ2v) is 9.01. The van der Waals surface area contributed by atoms with Crippen molar-refractivity contribution in [2.75, 3.05) is 6.61 Å². The first kappa shape index (κ1) is 25.2. The summed E-state index contributed by atoms with van der Waals surface area (Å²) in [6.07, 6.45) is 1.60. The van der Waals surface area contributed by atoms with E-state index in [0.29, 0.717) is 32.8 Å². The second kappa shape index (κ2) is 11.2. The number of nitrogens with zero attached hydrogens (tertiary/aromatic N) is 2. The quantitative estimate of drug-likeness (QED) is 0.118. The lowest BCUT2D eigenvalue weighted by atomic mass is 10.1. The highest BCUT2D eigenvalue weighted by molar-refractivity contribution is 14.1. The number of amides is 3. The van der Waals surface area contributed by atoms with Crippen LogP contribution in [0.25, 0.3) is 6.08 Å². The maximum atomic E-state index is 12.9. The van der Waals surface area contributed by atoms with E-state index in [4.69, 9.17) is 9.47 Å². The molecule has 0 atom stereocenters. The maximum Gasteiger partial charge on any atom is 0.329 e. The van der Waals surface area contributed by atoms with Crippen LogP contribution in [-0.4, -0.2) is 28.4 Å². The van der Waals surface area contributed by atoms with E-state index in [2.05, 4.69) is 27.9 Å². The van der Waals surface area contributed by atoms with E-state index in [-0.39, 0.29) is 24.5 Å². The van der Waals surface area contributed by atoms with Gasteiger partial charge in [0.15, 0.2) is 11.5 Å². The van der Waals surface area contributed by atoms with E-state index in [1.54, 1.807) is 30.3 Å². The molecule has 0 aromatic heterocycles. The van der Waals surface area contributed by atoms with Crippen LogP contribution in [0.4, 0.5) is 10.5 Å². The van der Waals surface area contributed by atoms with Crippen molar-refractivity contribution >= 4 is 46.3 Å². The first-order valence-electron chi connectivity index (χ1n) is 11.1. The van der Waals surface area contributed by atoms with Gasteiger partial charge in [-0.3, -0.25) is 19.8 Å². The van der Waals surface area contributed by atoms with Crippen molar-refractivity contribution in [1.82, 2.24) is 10.2 Å². The standard InChI is InChI=1S/C26H22IN3O6/c1-2-35-23-14-19(12-21(27)24(23)36-16-18-9-6-10-20(11-18)30(33)34)13-22-25(31)29(26(32)28-22)15-17-7-4-3-5-8-17/h3-14H,2,15-16H2,1H3,(H,28,32)/b22-13+. The molecule has 1 fully saturated rings. The predicted molar refractivity (Wildman–Crippen MR) is 141 cm³/mol. The smallest absolute Gasteiger partial charge is 0.329 e. The van der Waals surface area contributed by atoms with Crippen molar-refractivity contribution in [3.8, 4) is 11.5 Å². The Kier molecular flexibility index (Phi) is 7.84. The first-order chi connectivity index (χ1) is 17.4. The van der Waals surface area contributed by atoms with Gasteiger partial charge in [0.25, 0.3) is 11.6 Å². The molecule has 1 N–H and O–H groups in total. The van der Waals surface area contributed by atoms with Gasteiger partial charge in [0.1, 0.15) is 12.3 Å². The van der Waals surface area contributed by atoms with E-state index < -0.39 is 16.9 Å². The summed E-state index contributed by atoms with van der Waals surface area (Å²) in [7, 11) is 0. The number of carbonyl (C=O) groups is 2. The zero-order valence-corrected chi connectivity index (χ0v) is 21.4. The average molecular weight is 599 g/mol. The Morgan fingerprint density at radius 3 is 2.50 bits per heavy atom. The highest BCUT2D eigenvalue weighted by atomic mass is 127. The minimum Gasteiger partial charge on any atom is -0.490 e. The van der Waals surface area contributed by atoms with Crippen molar-refractivity contribution < 1.29 is 24.0 Å². The number of halogens is 1. The van der Waals surface area contributed by atoms with E-state index in [0.717, 1.165) is 10.5 Å². The van der Waals surface area contributed by atoms with E-state index in [1.165, 1.54) is 12.1 Å². The van der Waals surface area contributed by atoms with Crippen molar-refractivity contribution in [3.05, 3.63) is 103 Å². The molecule has 1 aliphatic rings. The van der Waals surface area contributed by atoms with Gasteiger partial charge in [0, 0.05) is 12.1 Å². The van der Waals surface area contributed by atoms with Crippen LogP contribution in [-0.2, 0) is 17.9 Å². The molecule has 3 aromatic carbocycles. The summed E-state index contributed by atoms with van der Waals surface area (Å²) in [4.78, 5) is 37.1. The molecule has 0 unspecified atom stereocenters. The number of carbonyl (C=O) groups excluding carboxylic acids is 2. The molecule has 10 heteroatoms. The van der Waals surface area contributed by atoms with Crippen LogP contribution in [0.2, 0.25) is 0 Å². The summed E-state index contributed by atoms with van der Waals surface area (Å²) in [6.45, 7) is 2.50. The Bertz CT molecular complexity index is 1340. The van der Waals surface area contributed by atoms with Crippen LogP contribution in [0.3, 0.4) is 0 Å². The van der Waals surface area contributed by atoms with Gasteiger partial charge in [-0.1, -0.05) is 42.5 Å². The van der Waals surface area contributed by atoms with Gasteiger partial charge in [0.05, 0.1) is 21.6 Å². The number of rotatable bonds is 9. The lowest BCUT2D eigenvalue weighted by molar-refractivity contribution is -0.384. The van der Waals surface area contributed by atoms with Crippen molar-refractivity contribution in [1.29, 1.82) is 0 Å². The number of ether oxygens (including phenoxy) is 2. The molecule has 36 heavy (non-hydrogen) atoms.